The molecule has 4 atom stereocenters. The highest BCUT2D eigenvalue weighted by atomic mass is 16.5. The number of rotatable bonds is 5. The Hall–Kier alpha value is -1.09. The van der Waals surface area contributed by atoms with Crippen molar-refractivity contribution >= 4 is 5.97 Å². The number of ether oxygens (including phenoxy) is 1. The van der Waals surface area contributed by atoms with E-state index in [2.05, 4.69) is 34.3 Å². The number of aliphatic hydroxyl groups is 1. The predicted octanol–water partition coefficient (Wildman–Crippen LogP) is 5.05. The highest BCUT2D eigenvalue weighted by Gasteiger charge is 2.55. The van der Waals surface area contributed by atoms with Crippen LogP contribution in [0, 0.1) is 22.7 Å². The largest absolute Gasteiger partial charge is 0.462 e. The Morgan fingerprint density at radius 3 is 2.64 bits per heavy atom. The van der Waals surface area contributed by atoms with E-state index in [9.17, 15) is 9.90 Å². The third-order valence-corrected chi connectivity index (χ3v) is 7.10. The molecule has 0 aromatic rings. The summed E-state index contributed by atoms with van der Waals surface area (Å²) in [5.74, 6) is 0.822. The van der Waals surface area contributed by atoms with Crippen molar-refractivity contribution in [3.8, 4) is 0 Å². The van der Waals surface area contributed by atoms with Gasteiger partial charge in [-0.1, -0.05) is 38.5 Å². The van der Waals surface area contributed by atoms with Crippen LogP contribution in [0.25, 0.3) is 0 Å². The Morgan fingerprint density at radius 2 is 2.00 bits per heavy atom. The molecule has 1 N–H and O–H groups in total. The molecule has 2 aliphatic carbocycles. The maximum Gasteiger partial charge on any atom is 0.302 e. The zero-order valence-electron chi connectivity index (χ0n) is 16.7. The molecule has 2 aliphatic rings. The molecular weight excluding hydrogens is 312 g/mol. The summed E-state index contributed by atoms with van der Waals surface area (Å²) in [6.07, 6.45) is 8.14. The van der Waals surface area contributed by atoms with Gasteiger partial charge < -0.3 is 9.84 Å². The summed E-state index contributed by atoms with van der Waals surface area (Å²) in [5, 5.41) is 10.5. The summed E-state index contributed by atoms with van der Waals surface area (Å²) in [6.45, 7) is 15.3. The molecule has 2 fully saturated rings. The third kappa shape index (κ3) is 4.19. The SMILES string of the molecule is C=C1CC[C@H]2C(C)(C)[C@@H](O)CC[C@]2(C)[C@H]1CC/C(C)=C/COC(C)=O. The van der Waals surface area contributed by atoms with Crippen molar-refractivity contribution in [1.29, 1.82) is 0 Å². The van der Waals surface area contributed by atoms with Crippen LogP contribution in [0.2, 0.25) is 0 Å². The number of aliphatic hydroxyl groups excluding tert-OH is 1. The first-order valence-electron chi connectivity index (χ1n) is 9.73. The van der Waals surface area contributed by atoms with Crippen molar-refractivity contribution in [2.45, 2.75) is 79.2 Å². The third-order valence-electron chi connectivity index (χ3n) is 7.10. The van der Waals surface area contributed by atoms with Crippen molar-refractivity contribution < 1.29 is 14.6 Å². The molecule has 0 saturated heterocycles. The zero-order valence-corrected chi connectivity index (χ0v) is 16.7. The van der Waals surface area contributed by atoms with Crippen LogP contribution >= 0.6 is 0 Å². The fraction of sp³-hybridized carbons (Fsp3) is 0.773. The fourth-order valence-corrected chi connectivity index (χ4v) is 5.47. The van der Waals surface area contributed by atoms with Gasteiger partial charge in [0, 0.05) is 6.92 Å². The van der Waals surface area contributed by atoms with E-state index in [1.165, 1.54) is 18.1 Å². The number of hydrogen-bond acceptors (Lipinski definition) is 3. The number of carbonyl (C=O) groups excluding carboxylic acids is 1. The Balaban J connectivity index is 2.08. The first-order valence-corrected chi connectivity index (χ1v) is 9.73. The molecule has 2 saturated carbocycles. The molecule has 0 aromatic carbocycles. The lowest BCUT2D eigenvalue weighted by Gasteiger charge is -2.59. The number of fused-ring (bicyclic) bond motifs is 1. The van der Waals surface area contributed by atoms with Crippen LogP contribution in [0.15, 0.2) is 23.8 Å². The monoisotopic (exact) mass is 348 g/mol. The van der Waals surface area contributed by atoms with Gasteiger partial charge in [0.15, 0.2) is 0 Å². The minimum atomic E-state index is -0.233. The standard InChI is InChI=1S/C22H36O3/c1-15(12-14-25-17(3)23)7-9-18-16(2)8-10-19-21(4,5)20(24)11-13-22(18,19)6/h12,18-20,24H,2,7-11,13-14H2,1,3-6H3/b15-12+/t18-,19-,20-,22+/m0/s1. The number of carbonyl (C=O) groups is 1. The predicted molar refractivity (Wildman–Crippen MR) is 102 cm³/mol. The van der Waals surface area contributed by atoms with Crippen molar-refractivity contribution in [3.63, 3.8) is 0 Å². The Labute approximate surface area is 153 Å². The van der Waals surface area contributed by atoms with Gasteiger partial charge in [0.2, 0.25) is 0 Å². The summed E-state index contributed by atoms with van der Waals surface area (Å²) < 4.78 is 5.01. The Bertz CT molecular complexity index is 545. The first kappa shape index (κ1) is 20.2. The summed E-state index contributed by atoms with van der Waals surface area (Å²) in [6, 6.07) is 0. The van der Waals surface area contributed by atoms with Gasteiger partial charge in [-0.15, -0.1) is 0 Å². The normalized spacial score (nSPS) is 35.2. The topological polar surface area (TPSA) is 46.5 Å². The van der Waals surface area contributed by atoms with E-state index in [1.807, 2.05) is 6.08 Å². The summed E-state index contributed by atoms with van der Waals surface area (Å²) in [5.41, 5.74) is 2.87. The number of esters is 1. The van der Waals surface area contributed by atoms with Crippen LogP contribution in [0.5, 0.6) is 0 Å². The highest BCUT2D eigenvalue weighted by Crippen LogP contribution is 2.61. The smallest absolute Gasteiger partial charge is 0.302 e. The fourth-order valence-electron chi connectivity index (χ4n) is 5.47. The molecule has 0 heterocycles. The molecule has 0 bridgehead atoms. The van der Waals surface area contributed by atoms with Gasteiger partial charge in [-0.25, -0.2) is 0 Å². The van der Waals surface area contributed by atoms with Gasteiger partial charge >= 0.3 is 5.97 Å². The average molecular weight is 349 g/mol. The van der Waals surface area contributed by atoms with E-state index >= 15 is 0 Å². The second-order valence-corrected chi connectivity index (χ2v) is 9.08. The molecule has 3 nitrogen and oxygen atoms in total. The molecule has 0 radical (unpaired) electrons. The molecule has 0 unspecified atom stereocenters. The van der Waals surface area contributed by atoms with Crippen LogP contribution in [-0.2, 0) is 9.53 Å². The summed E-state index contributed by atoms with van der Waals surface area (Å²) in [7, 11) is 0. The van der Waals surface area contributed by atoms with Gasteiger partial charge in [0.25, 0.3) is 0 Å². The minimum absolute atomic E-state index is 0.0217. The molecule has 142 valence electrons. The molecule has 0 aliphatic heterocycles. The van der Waals surface area contributed by atoms with E-state index in [-0.39, 0.29) is 22.9 Å². The summed E-state index contributed by atoms with van der Waals surface area (Å²) >= 11 is 0. The Morgan fingerprint density at radius 1 is 1.32 bits per heavy atom. The Kier molecular flexibility index (Phi) is 6.19. The molecule has 25 heavy (non-hydrogen) atoms. The molecule has 2 rings (SSSR count). The van der Waals surface area contributed by atoms with Crippen molar-refractivity contribution in [2.75, 3.05) is 6.61 Å². The van der Waals surface area contributed by atoms with Crippen LogP contribution in [0.1, 0.15) is 73.1 Å². The van der Waals surface area contributed by atoms with E-state index in [4.69, 9.17) is 4.74 Å². The van der Waals surface area contributed by atoms with Gasteiger partial charge in [0.05, 0.1) is 6.10 Å². The van der Waals surface area contributed by atoms with Crippen molar-refractivity contribution in [2.24, 2.45) is 22.7 Å². The van der Waals surface area contributed by atoms with Crippen molar-refractivity contribution in [1.82, 2.24) is 0 Å². The lowest BCUT2D eigenvalue weighted by molar-refractivity contribution is -0.139. The molecule has 0 spiro atoms. The second-order valence-electron chi connectivity index (χ2n) is 9.08. The average Bonchev–Trinajstić information content (AvgIpc) is 2.50. The van der Waals surface area contributed by atoms with Crippen LogP contribution in [0.4, 0.5) is 0 Å². The molecular formula is C22H36O3. The van der Waals surface area contributed by atoms with Gasteiger partial charge in [-0.05, 0) is 74.2 Å². The van der Waals surface area contributed by atoms with Gasteiger partial charge in [-0.3, -0.25) is 4.79 Å². The molecule has 0 aromatic heterocycles. The van der Waals surface area contributed by atoms with Crippen molar-refractivity contribution in [3.05, 3.63) is 23.8 Å². The van der Waals surface area contributed by atoms with E-state index < -0.39 is 0 Å². The molecule has 3 heteroatoms. The maximum atomic E-state index is 10.9. The van der Waals surface area contributed by atoms with Crippen LogP contribution < -0.4 is 0 Å². The maximum absolute atomic E-state index is 10.9. The van der Waals surface area contributed by atoms with Gasteiger partial charge in [-0.2, -0.15) is 0 Å². The molecule has 0 amide bonds. The number of hydrogen-bond donors (Lipinski definition) is 1. The van der Waals surface area contributed by atoms with Crippen LogP contribution in [-0.4, -0.2) is 23.8 Å². The van der Waals surface area contributed by atoms with E-state index in [0.29, 0.717) is 18.4 Å². The summed E-state index contributed by atoms with van der Waals surface area (Å²) in [4.78, 5) is 10.9. The van der Waals surface area contributed by atoms with E-state index in [1.54, 1.807) is 0 Å². The quantitative estimate of drug-likeness (QED) is 0.559. The zero-order chi connectivity index (χ0) is 18.8. The lowest BCUT2D eigenvalue weighted by atomic mass is 9.46. The first-order chi connectivity index (χ1) is 11.6. The number of allylic oxidation sites excluding steroid dienone is 2. The highest BCUT2D eigenvalue weighted by molar-refractivity contribution is 5.66. The van der Waals surface area contributed by atoms with E-state index in [0.717, 1.165) is 38.5 Å². The second kappa shape index (κ2) is 7.65. The van der Waals surface area contributed by atoms with Crippen LogP contribution in [0.3, 0.4) is 0 Å². The lowest BCUT2D eigenvalue weighted by Crippen LogP contribution is -2.54. The van der Waals surface area contributed by atoms with Gasteiger partial charge in [0.1, 0.15) is 6.61 Å². The minimum Gasteiger partial charge on any atom is -0.462 e.